The summed E-state index contributed by atoms with van der Waals surface area (Å²) in [7, 11) is -3.67. The minimum Gasteiger partial charge on any atom is -0.397 e. The molecule has 1 aromatic carbocycles. The lowest BCUT2D eigenvalue weighted by Crippen LogP contribution is -2.25. The summed E-state index contributed by atoms with van der Waals surface area (Å²) in [6.07, 6.45) is 4.65. The Morgan fingerprint density at radius 1 is 1.06 bits per heavy atom. The van der Waals surface area contributed by atoms with Gasteiger partial charge in [0.25, 0.3) is 0 Å². The fourth-order valence-corrected chi connectivity index (χ4v) is 2.82. The first kappa shape index (κ1) is 13.2. The minimum atomic E-state index is -3.67. The molecule has 0 amide bonds. The topological polar surface area (TPSA) is 89.4 Å². The highest BCUT2D eigenvalue weighted by Crippen LogP contribution is 2.28. The van der Waals surface area contributed by atoms with Crippen LogP contribution in [0.25, 0.3) is 0 Å². The van der Waals surface area contributed by atoms with Crippen LogP contribution >= 0.6 is 0 Å². The minimum absolute atomic E-state index is 0.121. The van der Waals surface area contributed by atoms with E-state index in [1.807, 2.05) is 0 Å². The lowest BCUT2D eigenvalue weighted by molar-refractivity contribution is 0.598. The number of primary sulfonamides is 1. The molecule has 4 N–H and O–H groups in total. The van der Waals surface area contributed by atoms with E-state index in [0.29, 0.717) is 5.69 Å². The van der Waals surface area contributed by atoms with Gasteiger partial charge in [-0.15, -0.1) is 0 Å². The molecule has 1 fully saturated rings. The first-order valence-corrected chi connectivity index (χ1v) is 7.70. The predicted molar refractivity (Wildman–Crippen MR) is 72.9 cm³/mol. The lowest BCUT2D eigenvalue weighted by atomic mass is 10.2. The van der Waals surface area contributed by atoms with E-state index in [2.05, 4.69) is 4.90 Å². The molecule has 0 spiro atoms. The van der Waals surface area contributed by atoms with Crippen molar-refractivity contribution in [3.63, 3.8) is 0 Å². The van der Waals surface area contributed by atoms with Crippen molar-refractivity contribution in [2.75, 3.05) is 23.7 Å². The van der Waals surface area contributed by atoms with E-state index in [0.717, 1.165) is 31.6 Å². The summed E-state index contributed by atoms with van der Waals surface area (Å²) in [4.78, 5) is 2.27. The number of sulfonamides is 1. The van der Waals surface area contributed by atoms with Gasteiger partial charge in [-0.2, -0.15) is 0 Å². The third-order valence-electron chi connectivity index (χ3n) is 3.28. The molecule has 0 unspecified atom stereocenters. The number of hydrogen-bond donors (Lipinski definition) is 2. The second kappa shape index (κ2) is 5.16. The van der Waals surface area contributed by atoms with Gasteiger partial charge < -0.3 is 10.6 Å². The molecule has 1 aliphatic heterocycles. The summed E-state index contributed by atoms with van der Waals surface area (Å²) in [5.74, 6) is 0. The second-order valence-corrected chi connectivity index (χ2v) is 6.23. The van der Waals surface area contributed by atoms with Gasteiger partial charge >= 0.3 is 0 Å². The van der Waals surface area contributed by atoms with Gasteiger partial charge in [-0.25, -0.2) is 13.6 Å². The quantitative estimate of drug-likeness (QED) is 0.792. The number of nitrogens with two attached hydrogens (primary N) is 2. The van der Waals surface area contributed by atoms with Gasteiger partial charge in [-0.3, -0.25) is 0 Å². The maximum Gasteiger partial charge on any atom is 0.238 e. The maximum absolute atomic E-state index is 11.4. The van der Waals surface area contributed by atoms with Crippen molar-refractivity contribution in [2.45, 2.75) is 30.6 Å². The van der Waals surface area contributed by atoms with Crippen LogP contribution < -0.4 is 15.8 Å². The number of nitrogen functional groups attached to an aromatic ring is 1. The van der Waals surface area contributed by atoms with Crippen molar-refractivity contribution in [1.82, 2.24) is 0 Å². The van der Waals surface area contributed by atoms with E-state index >= 15 is 0 Å². The van der Waals surface area contributed by atoms with Crippen LogP contribution in [0.4, 0.5) is 11.4 Å². The third-order valence-corrected chi connectivity index (χ3v) is 4.19. The van der Waals surface area contributed by atoms with Crippen molar-refractivity contribution in [3.8, 4) is 0 Å². The molecule has 0 saturated carbocycles. The van der Waals surface area contributed by atoms with E-state index in [1.54, 1.807) is 12.1 Å². The van der Waals surface area contributed by atoms with Crippen molar-refractivity contribution in [1.29, 1.82) is 0 Å². The van der Waals surface area contributed by atoms with Crippen LogP contribution in [-0.2, 0) is 10.0 Å². The van der Waals surface area contributed by atoms with Gasteiger partial charge in [0.15, 0.2) is 0 Å². The van der Waals surface area contributed by atoms with Gasteiger partial charge in [0.1, 0.15) is 0 Å². The van der Waals surface area contributed by atoms with Gasteiger partial charge in [0, 0.05) is 13.1 Å². The van der Waals surface area contributed by atoms with Crippen LogP contribution in [-0.4, -0.2) is 21.5 Å². The Balaban J connectivity index is 2.36. The average Bonchev–Trinajstić information content (AvgIpc) is 2.56. The molecule has 100 valence electrons. The van der Waals surface area contributed by atoms with E-state index in [1.165, 1.54) is 18.9 Å². The Morgan fingerprint density at radius 3 is 2.22 bits per heavy atom. The van der Waals surface area contributed by atoms with Gasteiger partial charge in [0.2, 0.25) is 10.0 Å². The monoisotopic (exact) mass is 269 g/mol. The molecular formula is C12H19N3O2S. The van der Waals surface area contributed by atoms with E-state index in [-0.39, 0.29) is 4.90 Å². The number of anilines is 2. The molecule has 0 radical (unpaired) electrons. The highest BCUT2D eigenvalue weighted by Gasteiger charge is 2.16. The van der Waals surface area contributed by atoms with E-state index < -0.39 is 10.0 Å². The normalized spacial score (nSPS) is 17.5. The third kappa shape index (κ3) is 2.94. The number of hydrogen-bond acceptors (Lipinski definition) is 4. The van der Waals surface area contributed by atoms with Gasteiger partial charge in [-0.1, -0.05) is 12.8 Å². The highest BCUT2D eigenvalue weighted by molar-refractivity contribution is 7.89. The zero-order valence-electron chi connectivity index (χ0n) is 10.3. The molecule has 0 aromatic heterocycles. The highest BCUT2D eigenvalue weighted by atomic mass is 32.2. The van der Waals surface area contributed by atoms with Gasteiger partial charge in [0.05, 0.1) is 16.3 Å². The average molecular weight is 269 g/mol. The summed E-state index contributed by atoms with van der Waals surface area (Å²) >= 11 is 0. The second-order valence-electron chi connectivity index (χ2n) is 4.67. The summed E-state index contributed by atoms with van der Waals surface area (Å²) in [5, 5.41) is 5.15. The van der Waals surface area contributed by atoms with Crippen molar-refractivity contribution >= 4 is 21.4 Å². The molecule has 6 heteroatoms. The maximum atomic E-state index is 11.4. The van der Waals surface area contributed by atoms with Crippen LogP contribution in [0.5, 0.6) is 0 Å². The summed E-state index contributed by atoms with van der Waals surface area (Å²) in [6, 6.07) is 4.64. The molecule has 0 bridgehead atoms. The number of benzene rings is 1. The van der Waals surface area contributed by atoms with E-state index in [9.17, 15) is 8.42 Å². The summed E-state index contributed by atoms with van der Waals surface area (Å²) < 4.78 is 22.7. The molecule has 1 heterocycles. The molecule has 1 aliphatic rings. The summed E-state index contributed by atoms with van der Waals surface area (Å²) in [6.45, 7) is 1.83. The van der Waals surface area contributed by atoms with Crippen LogP contribution in [0, 0.1) is 0 Å². The predicted octanol–water partition coefficient (Wildman–Crippen LogP) is 1.30. The Kier molecular flexibility index (Phi) is 3.77. The first-order chi connectivity index (χ1) is 8.48. The van der Waals surface area contributed by atoms with Crippen LogP contribution in [0.2, 0.25) is 0 Å². The molecule has 0 atom stereocenters. The van der Waals surface area contributed by atoms with Crippen molar-refractivity contribution < 1.29 is 8.42 Å². The fourth-order valence-electron chi connectivity index (χ4n) is 2.29. The fraction of sp³-hybridized carbons (Fsp3) is 0.500. The van der Waals surface area contributed by atoms with Gasteiger partial charge in [-0.05, 0) is 31.0 Å². The SMILES string of the molecule is Nc1ccc(S(N)(=O)=O)cc1N1CCCCCC1. The smallest absolute Gasteiger partial charge is 0.238 e. The Bertz CT molecular complexity index is 520. The molecule has 2 rings (SSSR count). The molecule has 18 heavy (non-hydrogen) atoms. The van der Waals surface area contributed by atoms with Crippen LogP contribution in [0.15, 0.2) is 23.1 Å². The molecule has 1 aromatic rings. The molecule has 5 nitrogen and oxygen atoms in total. The Morgan fingerprint density at radius 2 is 1.67 bits per heavy atom. The lowest BCUT2D eigenvalue weighted by Gasteiger charge is -2.24. The number of nitrogens with zero attached hydrogens (tertiary/aromatic N) is 1. The summed E-state index contributed by atoms with van der Waals surface area (Å²) in [5.41, 5.74) is 7.32. The van der Waals surface area contributed by atoms with Crippen molar-refractivity contribution in [3.05, 3.63) is 18.2 Å². The largest absolute Gasteiger partial charge is 0.397 e. The van der Waals surface area contributed by atoms with Crippen LogP contribution in [0.1, 0.15) is 25.7 Å². The Labute approximate surface area is 108 Å². The standard InChI is InChI=1S/C12H19N3O2S/c13-11-6-5-10(18(14,16)17)9-12(11)15-7-3-1-2-4-8-15/h5-6,9H,1-4,7-8,13H2,(H2,14,16,17). The zero-order valence-corrected chi connectivity index (χ0v) is 11.1. The molecule has 0 aliphatic carbocycles. The first-order valence-electron chi connectivity index (χ1n) is 6.16. The molecular weight excluding hydrogens is 250 g/mol. The van der Waals surface area contributed by atoms with E-state index in [4.69, 9.17) is 10.9 Å². The Hall–Kier alpha value is -1.27. The van der Waals surface area contributed by atoms with Crippen LogP contribution in [0.3, 0.4) is 0 Å². The zero-order chi connectivity index (χ0) is 13.2. The molecule has 1 saturated heterocycles. The number of rotatable bonds is 2. The van der Waals surface area contributed by atoms with Crippen molar-refractivity contribution in [2.24, 2.45) is 5.14 Å².